The molecule has 1 atom stereocenters. The zero-order valence-electron chi connectivity index (χ0n) is 8.42. The maximum absolute atomic E-state index is 12.4. The lowest BCUT2D eigenvalue weighted by Crippen LogP contribution is -2.12. The highest BCUT2D eigenvalue weighted by Crippen LogP contribution is 2.29. The van der Waals surface area contributed by atoms with Crippen LogP contribution in [-0.2, 0) is 6.18 Å². The molecule has 1 N–H and O–H groups in total. The Hall–Kier alpha value is -0.810. The summed E-state index contributed by atoms with van der Waals surface area (Å²) in [5.74, 6) is 0.118. The summed E-state index contributed by atoms with van der Waals surface area (Å²) in [6, 6.07) is 4.09. The smallest absolute Gasteiger partial charge is 0.316 e. The van der Waals surface area contributed by atoms with Crippen LogP contribution in [0.5, 0.6) is 0 Å². The van der Waals surface area contributed by atoms with Gasteiger partial charge in [0.25, 0.3) is 0 Å². The Morgan fingerprint density at radius 1 is 1.31 bits per heavy atom. The molecule has 2 nitrogen and oxygen atoms in total. The average Bonchev–Trinajstić information content (AvgIpc) is 2.69. The van der Waals surface area contributed by atoms with Gasteiger partial charge >= 0.3 is 6.18 Å². The van der Waals surface area contributed by atoms with Crippen LogP contribution in [0, 0.1) is 0 Å². The zero-order chi connectivity index (χ0) is 10.9. The Labute approximate surface area is 97.7 Å². The first kappa shape index (κ1) is 13.3. The highest BCUT2D eigenvalue weighted by atomic mass is 35.5. The van der Waals surface area contributed by atoms with Crippen molar-refractivity contribution in [3.8, 4) is 0 Å². The number of alkyl halides is 3. The van der Waals surface area contributed by atoms with Gasteiger partial charge < -0.3 is 5.32 Å². The molecule has 0 aliphatic carbocycles. The van der Waals surface area contributed by atoms with Crippen LogP contribution in [0.25, 0.3) is 0 Å². The minimum absolute atomic E-state index is 0. The van der Waals surface area contributed by atoms with Crippen molar-refractivity contribution in [2.45, 2.75) is 18.5 Å². The molecular weight excluding hydrogens is 241 g/mol. The number of rotatable bonds is 1. The standard InChI is InChI=1S/C10H11F3N2.ClH/c11-10(12,13)9-3-1-2-8(15-9)7-4-5-14-6-7;/h1-3,7,14H,4-6H2;1H. The molecule has 16 heavy (non-hydrogen) atoms. The zero-order valence-corrected chi connectivity index (χ0v) is 9.24. The second-order valence-corrected chi connectivity index (χ2v) is 3.64. The monoisotopic (exact) mass is 252 g/mol. The van der Waals surface area contributed by atoms with E-state index in [9.17, 15) is 13.2 Å². The van der Waals surface area contributed by atoms with E-state index in [1.54, 1.807) is 6.07 Å². The molecule has 90 valence electrons. The Morgan fingerprint density at radius 2 is 2.06 bits per heavy atom. The quantitative estimate of drug-likeness (QED) is 0.831. The van der Waals surface area contributed by atoms with E-state index in [0.29, 0.717) is 12.2 Å². The summed E-state index contributed by atoms with van der Waals surface area (Å²) >= 11 is 0. The first-order chi connectivity index (χ1) is 7.07. The summed E-state index contributed by atoms with van der Waals surface area (Å²) in [7, 11) is 0. The molecule has 1 aromatic rings. The molecule has 1 aliphatic rings. The van der Waals surface area contributed by atoms with Crippen molar-refractivity contribution >= 4 is 12.4 Å². The van der Waals surface area contributed by atoms with E-state index in [-0.39, 0.29) is 18.3 Å². The fourth-order valence-electron chi connectivity index (χ4n) is 1.74. The Balaban J connectivity index is 0.00000128. The van der Waals surface area contributed by atoms with Crippen LogP contribution in [0.3, 0.4) is 0 Å². The predicted molar refractivity (Wildman–Crippen MR) is 56.7 cm³/mol. The van der Waals surface area contributed by atoms with Gasteiger partial charge in [-0.25, -0.2) is 4.98 Å². The number of aromatic nitrogens is 1. The molecule has 1 aliphatic heterocycles. The van der Waals surface area contributed by atoms with Crippen LogP contribution < -0.4 is 5.32 Å². The Morgan fingerprint density at radius 3 is 2.62 bits per heavy atom. The van der Waals surface area contributed by atoms with Crippen LogP contribution >= 0.6 is 12.4 Å². The van der Waals surface area contributed by atoms with Crippen LogP contribution in [0.1, 0.15) is 23.7 Å². The highest BCUT2D eigenvalue weighted by Gasteiger charge is 2.33. The minimum atomic E-state index is -4.35. The van der Waals surface area contributed by atoms with Gasteiger partial charge in [-0.05, 0) is 25.1 Å². The molecule has 0 spiro atoms. The molecule has 0 amide bonds. The number of halogens is 4. The van der Waals surface area contributed by atoms with Gasteiger partial charge in [0.1, 0.15) is 5.69 Å². The van der Waals surface area contributed by atoms with Gasteiger partial charge in [-0.15, -0.1) is 12.4 Å². The molecule has 0 aromatic carbocycles. The summed E-state index contributed by atoms with van der Waals surface area (Å²) in [6.45, 7) is 1.57. The van der Waals surface area contributed by atoms with E-state index in [2.05, 4.69) is 10.3 Å². The molecule has 1 fully saturated rings. The van der Waals surface area contributed by atoms with Crippen LogP contribution in [0.4, 0.5) is 13.2 Å². The van der Waals surface area contributed by atoms with Crippen LogP contribution in [0.15, 0.2) is 18.2 Å². The Kier molecular flexibility index (Phi) is 4.15. The summed E-state index contributed by atoms with van der Waals surface area (Å²) in [5.41, 5.74) is -0.262. The molecule has 0 bridgehead atoms. The van der Waals surface area contributed by atoms with Crippen LogP contribution in [-0.4, -0.2) is 18.1 Å². The lowest BCUT2D eigenvalue weighted by Gasteiger charge is -2.11. The van der Waals surface area contributed by atoms with Crippen molar-refractivity contribution in [2.75, 3.05) is 13.1 Å². The largest absolute Gasteiger partial charge is 0.433 e. The fraction of sp³-hybridized carbons (Fsp3) is 0.500. The lowest BCUT2D eigenvalue weighted by atomic mass is 10.0. The van der Waals surface area contributed by atoms with Crippen molar-refractivity contribution in [3.05, 3.63) is 29.6 Å². The number of hydrogen-bond acceptors (Lipinski definition) is 2. The van der Waals surface area contributed by atoms with Crippen molar-refractivity contribution < 1.29 is 13.2 Å². The summed E-state index contributed by atoms with van der Waals surface area (Å²) in [6.07, 6.45) is -3.49. The molecule has 1 unspecified atom stereocenters. The van der Waals surface area contributed by atoms with Gasteiger partial charge in [0, 0.05) is 18.2 Å². The summed E-state index contributed by atoms with van der Waals surface area (Å²) in [4.78, 5) is 3.66. The topological polar surface area (TPSA) is 24.9 Å². The predicted octanol–water partition coefficient (Wildman–Crippen LogP) is 2.60. The number of nitrogens with one attached hydrogen (secondary N) is 1. The maximum atomic E-state index is 12.4. The van der Waals surface area contributed by atoms with Gasteiger partial charge in [0.15, 0.2) is 0 Å². The van der Waals surface area contributed by atoms with E-state index in [1.807, 2.05) is 0 Å². The summed E-state index contributed by atoms with van der Waals surface area (Å²) < 4.78 is 37.1. The number of hydrogen-bond donors (Lipinski definition) is 1. The van der Waals surface area contributed by atoms with E-state index in [0.717, 1.165) is 19.0 Å². The van der Waals surface area contributed by atoms with Gasteiger partial charge in [0.05, 0.1) is 0 Å². The Bertz CT molecular complexity index is 348. The molecule has 1 aromatic heterocycles. The van der Waals surface area contributed by atoms with Crippen molar-refractivity contribution in [1.29, 1.82) is 0 Å². The molecule has 1 saturated heterocycles. The van der Waals surface area contributed by atoms with Crippen molar-refractivity contribution in [3.63, 3.8) is 0 Å². The number of nitrogens with zero attached hydrogens (tertiary/aromatic N) is 1. The van der Waals surface area contributed by atoms with Crippen molar-refractivity contribution in [1.82, 2.24) is 10.3 Å². The summed E-state index contributed by atoms with van der Waals surface area (Å²) in [5, 5.41) is 3.11. The van der Waals surface area contributed by atoms with Gasteiger partial charge in [-0.1, -0.05) is 6.07 Å². The highest BCUT2D eigenvalue weighted by molar-refractivity contribution is 5.85. The first-order valence-electron chi connectivity index (χ1n) is 4.82. The lowest BCUT2D eigenvalue weighted by molar-refractivity contribution is -0.141. The van der Waals surface area contributed by atoms with E-state index >= 15 is 0 Å². The molecule has 0 radical (unpaired) electrons. The average molecular weight is 253 g/mol. The third-order valence-corrected chi connectivity index (χ3v) is 2.54. The third-order valence-electron chi connectivity index (χ3n) is 2.54. The minimum Gasteiger partial charge on any atom is -0.316 e. The maximum Gasteiger partial charge on any atom is 0.433 e. The molecule has 2 heterocycles. The molecule has 6 heteroatoms. The van der Waals surface area contributed by atoms with E-state index in [1.165, 1.54) is 6.07 Å². The second-order valence-electron chi connectivity index (χ2n) is 3.64. The van der Waals surface area contributed by atoms with Gasteiger partial charge in [-0.2, -0.15) is 13.2 Å². The normalized spacial score (nSPS) is 20.6. The second kappa shape index (κ2) is 5.01. The molecule has 0 saturated carbocycles. The van der Waals surface area contributed by atoms with Gasteiger partial charge in [0.2, 0.25) is 0 Å². The fourth-order valence-corrected chi connectivity index (χ4v) is 1.74. The third kappa shape index (κ3) is 2.86. The first-order valence-corrected chi connectivity index (χ1v) is 4.82. The van der Waals surface area contributed by atoms with Crippen LogP contribution in [0.2, 0.25) is 0 Å². The number of pyridine rings is 1. The van der Waals surface area contributed by atoms with E-state index in [4.69, 9.17) is 0 Å². The molecule has 2 rings (SSSR count). The van der Waals surface area contributed by atoms with Crippen molar-refractivity contribution in [2.24, 2.45) is 0 Å². The van der Waals surface area contributed by atoms with E-state index < -0.39 is 11.9 Å². The molecular formula is C10H12ClF3N2. The SMILES string of the molecule is Cl.FC(F)(F)c1cccc(C2CCNC2)n1. The van der Waals surface area contributed by atoms with Gasteiger partial charge in [-0.3, -0.25) is 0 Å².